The summed E-state index contributed by atoms with van der Waals surface area (Å²) < 4.78 is 4.63. The molecule has 0 radical (unpaired) electrons. The van der Waals surface area contributed by atoms with Crippen molar-refractivity contribution in [3.05, 3.63) is 54.1 Å². The molecule has 0 bridgehead atoms. The summed E-state index contributed by atoms with van der Waals surface area (Å²) in [6.07, 6.45) is 2.38. The Morgan fingerprint density at radius 1 is 0.889 bits per heavy atom. The van der Waals surface area contributed by atoms with Crippen molar-refractivity contribution in [2.75, 3.05) is 35.7 Å². The smallest absolute Gasteiger partial charge is 0.337 e. The van der Waals surface area contributed by atoms with E-state index in [9.17, 15) is 14.4 Å². The molecule has 27 heavy (non-hydrogen) atoms. The monoisotopic (exact) mass is 367 g/mol. The quantitative estimate of drug-likeness (QED) is 0.641. The van der Waals surface area contributed by atoms with Gasteiger partial charge in [0.05, 0.1) is 12.7 Å². The number of benzene rings is 2. The number of methoxy groups -OCH3 is 1. The summed E-state index contributed by atoms with van der Waals surface area (Å²) in [5.41, 5.74) is 2.27. The number of hydrogen-bond acceptors (Lipinski definition) is 5. The molecule has 1 saturated heterocycles. The second kappa shape index (κ2) is 8.35. The Bertz CT molecular complexity index is 843. The molecule has 1 heterocycles. The molecule has 0 unspecified atom stereocenters. The zero-order valence-electron chi connectivity index (χ0n) is 15.0. The van der Waals surface area contributed by atoms with Crippen molar-refractivity contribution in [2.45, 2.75) is 12.8 Å². The van der Waals surface area contributed by atoms with Crippen LogP contribution in [0.4, 0.5) is 17.1 Å². The van der Waals surface area contributed by atoms with Gasteiger partial charge in [-0.3, -0.25) is 9.59 Å². The number of nitrogens with one attached hydrogen (secondary N) is 2. The third-order valence-electron chi connectivity index (χ3n) is 4.34. The highest BCUT2D eigenvalue weighted by molar-refractivity contribution is 6.43. The molecule has 0 aromatic heterocycles. The number of carbonyl (C=O) groups is 3. The van der Waals surface area contributed by atoms with Gasteiger partial charge in [0.15, 0.2) is 0 Å². The van der Waals surface area contributed by atoms with Gasteiger partial charge >= 0.3 is 17.8 Å². The number of esters is 1. The molecule has 1 aliphatic rings. The van der Waals surface area contributed by atoms with Crippen LogP contribution in [0.1, 0.15) is 23.2 Å². The summed E-state index contributed by atoms with van der Waals surface area (Å²) in [4.78, 5) is 38.0. The fourth-order valence-corrected chi connectivity index (χ4v) is 2.95. The van der Waals surface area contributed by atoms with Gasteiger partial charge in [0.1, 0.15) is 0 Å². The lowest BCUT2D eigenvalue weighted by atomic mass is 10.2. The molecule has 7 heteroatoms. The molecule has 0 atom stereocenters. The van der Waals surface area contributed by atoms with Gasteiger partial charge in [0, 0.05) is 30.2 Å². The minimum Gasteiger partial charge on any atom is -0.465 e. The van der Waals surface area contributed by atoms with Gasteiger partial charge in [0.2, 0.25) is 0 Å². The summed E-state index contributed by atoms with van der Waals surface area (Å²) in [6.45, 7) is 2.08. The second-order valence-electron chi connectivity index (χ2n) is 6.22. The molecule has 1 fully saturated rings. The van der Waals surface area contributed by atoms with E-state index in [1.165, 1.54) is 26.0 Å². The maximum absolute atomic E-state index is 12.1. The highest BCUT2D eigenvalue weighted by Gasteiger charge is 2.16. The van der Waals surface area contributed by atoms with Crippen LogP contribution in [0.3, 0.4) is 0 Å². The number of amides is 2. The highest BCUT2D eigenvalue weighted by atomic mass is 16.5. The van der Waals surface area contributed by atoms with E-state index in [4.69, 9.17) is 0 Å². The van der Waals surface area contributed by atoms with Crippen molar-refractivity contribution in [3.63, 3.8) is 0 Å². The lowest BCUT2D eigenvalue weighted by molar-refractivity contribution is -0.132. The molecule has 0 aliphatic carbocycles. The van der Waals surface area contributed by atoms with Crippen molar-refractivity contribution in [3.8, 4) is 0 Å². The zero-order chi connectivity index (χ0) is 19.2. The molecule has 7 nitrogen and oxygen atoms in total. The molecular formula is C20H21N3O4. The van der Waals surface area contributed by atoms with Gasteiger partial charge in [-0.15, -0.1) is 0 Å². The van der Waals surface area contributed by atoms with Crippen molar-refractivity contribution in [1.82, 2.24) is 0 Å². The minimum atomic E-state index is -0.819. The van der Waals surface area contributed by atoms with E-state index in [1.54, 1.807) is 30.3 Å². The first-order valence-electron chi connectivity index (χ1n) is 8.72. The van der Waals surface area contributed by atoms with Crippen LogP contribution in [0.5, 0.6) is 0 Å². The Morgan fingerprint density at radius 3 is 2.15 bits per heavy atom. The largest absolute Gasteiger partial charge is 0.465 e. The molecule has 2 amide bonds. The third kappa shape index (κ3) is 4.63. The molecule has 140 valence electrons. The lowest BCUT2D eigenvalue weighted by Gasteiger charge is -2.17. The zero-order valence-corrected chi connectivity index (χ0v) is 15.0. The lowest BCUT2D eigenvalue weighted by Crippen LogP contribution is -2.29. The molecule has 0 spiro atoms. The third-order valence-corrected chi connectivity index (χ3v) is 4.34. The summed E-state index contributed by atoms with van der Waals surface area (Å²) in [5.74, 6) is -2.12. The number of hydrogen-bond donors (Lipinski definition) is 2. The van der Waals surface area contributed by atoms with E-state index in [0.717, 1.165) is 18.8 Å². The maximum Gasteiger partial charge on any atom is 0.337 e. The van der Waals surface area contributed by atoms with E-state index < -0.39 is 17.8 Å². The second-order valence-corrected chi connectivity index (χ2v) is 6.22. The predicted octanol–water partition coefficient (Wildman–Crippen LogP) is 2.65. The fraction of sp³-hybridized carbons (Fsp3) is 0.250. The summed E-state index contributed by atoms with van der Waals surface area (Å²) in [5, 5.41) is 5.04. The van der Waals surface area contributed by atoms with Crippen LogP contribution in [0.25, 0.3) is 0 Å². The Morgan fingerprint density at radius 2 is 1.52 bits per heavy atom. The van der Waals surface area contributed by atoms with Crippen LogP contribution in [0, 0.1) is 0 Å². The topological polar surface area (TPSA) is 87.7 Å². The Kier molecular flexibility index (Phi) is 5.71. The number of anilines is 3. The number of ether oxygens (including phenoxy) is 1. The van der Waals surface area contributed by atoms with E-state index in [2.05, 4.69) is 20.3 Å². The molecule has 2 N–H and O–H groups in total. The highest BCUT2D eigenvalue weighted by Crippen LogP contribution is 2.22. The standard InChI is InChI=1S/C20H21N3O4/c1-27-20(26)14-5-4-6-16(13-14)22-19(25)18(24)21-15-7-9-17(10-8-15)23-11-2-3-12-23/h4-10,13H,2-3,11-12H2,1H3,(H,21,24)(H,22,25). The average molecular weight is 367 g/mol. The van der Waals surface area contributed by atoms with Crippen LogP contribution < -0.4 is 15.5 Å². The van der Waals surface area contributed by atoms with E-state index in [-0.39, 0.29) is 5.56 Å². The Balaban J connectivity index is 1.59. The van der Waals surface area contributed by atoms with Gasteiger partial charge in [-0.2, -0.15) is 0 Å². The van der Waals surface area contributed by atoms with Gasteiger partial charge in [-0.05, 0) is 55.3 Å². The van der Waals surface area contributed by atoms with Crippen molar-refractivity contribution < 1.29 is 19.1 Å². The van der Waals surface area contributed by atoms with Crippen LogP contribution >= 0.6 is 0 Å². The first kappa shape index (κ1) is 18.4. The van der Waals surface area contributed by atoms with Crippen LogP contribution in [-0.4, -0.2) is 38.0 Å². The Labute approximate surface area is 157 Å². The molecule has 2 aromatic rings. The average Bonchev–Trinajstić information content (AvgIpc) is 3.23. The summed E-state index contributed by atoms with van der Waals surface area (Å²) in [7, 11) is 1.27. The van der Waals surface area contributed by atoms with Crippen LogP contribution in [0.2, 0.25) is 0 Å². The maximum atomic E-state index is 12.1. The van der Waals surface area contributed by atoms with Crippen molar-refractivity contribution >= 4 is 34.8 Å². The van der Waals surface area contributed by atoms with Crippen molar-refractivity contribution in [2.24, 2.45) is 0 Å². The summed E-state index contributed by atoms with van der Waals surface area (Å²) >= 11 is 0. The molecule has 0 saturated carbocycles. The molecule has 3 rings (SSSR count). The van der Waals surface area contributed by atoms with Crippen molar-refractivity contribution in [1.29, 1.82) is 0 Å². The Hall–Kier alpha value is -3.35. The summed E-state index contributed by atoms with van der Waals surface area (Å²) in [6, 6.07) is 13.6. The van der Waals surface area contributed by atoms with Gasteiger partial charge in [-0.1, -0.05) is 6.07 Å². The number of rotatable bonds is 4. The van der Waals surface area contributed by atoms with E-state index in [1.807, 2.05) is 12.1 Å². The predicted molar refractivity (Wildman–Crippen MR) is 103 cm³/mol. The fourth-order valence-electron chi connectivity index (χ4n) is 2.95. The van der Waals surface area contributed by atoms with Gasteiger partial charge < -0.3 is 20.3 Å². The van der Waals surface area contributed by atoms with Gasteiger partial charge in [0.25, 0.3) is 0 Å². The molecule has 1 aliphatic heterocycles. The number of nitrogens with zero attached hydrogens (tertiary/aromatic N) is 1. The minimum absolute atomic E-state index is 0.285. The molecule has 2 aromatic carbocycles. The van der Waals surface area contributed by atoms with Crippen LogP contribution in [0.15, 0.2) is 48.5 Å². The van der Waals surface area contributed by atoms with Gasteiger partial charge in [-0.25, -0.2) is 4.79 Å². The first-order valence-corrected chi connectivity index (χ1v) is 8.72. The molecular weight excluding hydrogens is 346 g/mol. The van der Waals surface area contributed by atoms with Crippen LogP contribution in [-0.2, 0) is 14.3 Å². The number of carbonyl (C=O) groups excluding carboxylic acids is 3. The normalized spacial score (nSPS) is 13.1. The van der Waals surface area contributed by atoms with E-state index in [0.29, 0.717) is 11.4 Å². The van der Waals surface area contributed by atoms with E-state index >= 15 is 0 Å². The SMILES string of the molecule is COC(=O)c1cccc(NC(=O)C(=O)Nc2ccc(N3CCCC3)cc2)c1. The first-order chi connectivity index (χ1) is 13.1.